The number of benzene rings is 1. The Bertz CT molecular complexity index is 343. The zero-order valence-corrected chi connectivity index (χ0v) is 10.7. The summed E-state index contributed by atoms with van der Waals surface area (Å²) in [6, 6.07) is 8.27. The van der Waals surface area contributed by atoms with Crippen molar-refractivity contribution in [3.63, 3.8) is 0 Å². The van der Waals surface area contributed by atoms with Crippen molar-refractivity contribution in [3.8, 4) is 0 Å². The Morgan fingerprint density at radius 3 is 2.47 bits per heavy atom. The minimum Gasteiger partial charge on any atom is -0.325 e. The fraction of sp³-hybridized carbons (Fsp3) is 0.462. The molecule has 0 atom stereocenters. The molecule has 0 amide bonds. The molecular formula is C13H22N4. The summed E-state index contributed by atoms with van der Waals surface area (Å²) in [6.07, 6.45) is 3.25. The van der Waals surface area contributed by atoms with Gasteiger partial charge in [0, 0.05) is 12.2 Å². The highest BCUT2D eigenvalue weighted by Crippen LogP contribution is 2.09. The van der Waals surface area contributed by atoms with Crippen LogP contribution in [-0.4, -0.2) is 12.5 Å². The number of unbranched alkanes of at least 4 members (excludes halogenated alkanes) is 1. The molecule has 1 aromatic rings. The van der Waals surface area contributed by atoms with Gasteiger partial charge in [-0.05, 0) is 30.5 Å². The molecule has 0 spiro atoms. The molecule has 0 aliphatic heterocycles. The zero-order chi connectivity index (χ0) is 12.5. The highest BCUT2D eigenvalue weighted by Gasteiger charge is 1.97. The standard InChI is InChI=1S/C13H22N4/c1-3-5-10-15-13(17-14)16-12-8-6-11(4-2)7-9-12/h6-9H,3-5,10,14H2,1-2H3,(H2,15,16,17). The maximum Gasteiger partial charge on any atom is 0.210 e. The number of aliphatic imine (C=N–C) groups is 1. The molecule has 0 radical (unpaired) electrons. The SMILES string of the molecule is CCCCN=C(NN)Nc1ccc(CC)cc1. The predicted octanol–water partition coefficient (Wildman–Crippen LogP) is 2.28. The molecule has 17 heavy (non-hydrogen) atoms. The van der Waals surface area contributed by atoms with Gasteiger partial charge in [0.1, 0.15) is 0 Å². The topological polar surface area (TPSA) is 62.4 Å². The summed E-state index contributed by atoms with van der Waals surface area (Å²) in [4.78, 5) is 4.34. The van der Waals surface area contributed by atoms with Crippen LogP contribution < -0.4 is 16.6 Å². The summed E-state index contributed by atoms with van der Waals surface area (Å²) in [5.41, 5.74) is 4.89. The summed E-state index contributed by atoms with van der Waals surface area (Å²) in [5.74, 6) is 6.03. The van der Waals surface area contributed by atoms with E-state index in [4.69, 9.17) is 5.84 Å². The zero-order valence-electron chi connectivity index (χ0n) is 10.7. The number of guanidine groups is 1. The fourth-order valence-corrected chi connectivity index (χ4v) is 1.43. The third kappa shape index (κ3) is 4.87. The quantitative estimate of drug-likeness (QED) is 0.241. The molecule has 0 aliphatic carbocycles. The first kappa shape index (κ1) is 13.5. The summed E-state index contributed by atoms with van der Waals surface area (Å²) in [7, 11) is 0. The lowest BCUT2D eigenvalue weighted by molar-refractivity contribution is 0.801. The number of nitrogens with one attached hydrogen (secondary N) is 2. The lowest BCUT2D eigenvalue weighted by Gasteiger charge is -2.09. The Morgan fingerprint density at radius 2 is 1.94 bits per heavy atom. The molecule has 4 N–H and O–H groups in total. The normalized spacial score (nSPS) is 11.4. The summed E-state index contributed by atoms with van der Waals surface area (Å²) < 4.78 is 0. The molecule has 0 aromatic heterocycles. The van der Waals surface area contributed by atoms with Crippen molar-refractivity contribution in [2.75, 3.05) is 11.9 Å². The molecule has 0 saturated heterocycles. The Labute approximate surface area is 103 Å². The van der Waals surface area contributed by atoms with Crippen molar-refractivity contribution in [1.29, 1.82) is 0 Å². The van der Waals surface area contributed by atoms with Crippen molar-refractivity contribution in [3.05, 3.63) is 29.8 Å². The second-order valence-electron chi connectivity index (χ2n) is 3.90. The van der Waals surface area contributed by atoms with Crippen LogP contribution in [0, 0.1) is 0 Å². The number of rotatable bonds is 5. The lowest BCUT2D eigenvalue weighted by Crippen LogP contribution is -2.36. The van der Waals surface area contributed by atoms with Crippen LogP contribution in [-0.2, 0) is 6.42 Å². The number of hydrazine groups is 1. The van der Waals surface area contributed by atoms with E-state index >= 15 is 0 Å². The van der Waals surface area contributed by atoms with Crippen LogP contribution in [0.3, 0.4) is 0 Å². The van der Waals surface area contributed by atoms with Crippen LogP contribution in [0.15, 0.2) is 29.3 Å². The number of nitrogens with two attached hydrogens (primary N) is 1. The van der Waals surface area contributed by atoms with E-state index in [0.717, 1.165) is 31.5 Å². The van der Waals surface area contributed by atoms with E-state index in [0.29, 0.717) is 5.96 Å². The minimum absolute atomic E-state index is 0.614. The second-order valence-corrected chi connectivity index (χ2v) is 3.90. The number of nitrogens with zero attached hydrogens (tertiary/aromatic N) is 1. The van der Waals surface area contributed by atoms with Gasteiger partial charge in [-0.3, -0.25) is 10.4 Å². The Kier molecular flexibility index (Phi) is 6.10. The first-order valence-corrected chi connectivity index (χ1v) is 6.17. The molecule has 0 saturated carbocycles. The van der Waals surface area contributed by atoms with Gasteiger partial charge in [0.05, 0.1) is 0 Å². The molecule has 0 heterocycles. The predicted molar refractivity (Wildman–Crippen MR) is 74.0 cm³/mol. The van der Waals surface area contributed by atoms with Gasteiger partial charge in [-0.2, -0.15) is 0 Å². The molecule has 1 aromatic carbocycles. The number of aryl methyl sites for hydroxylation is 1. The van der Waals surface area contributed by atoms with Crippen LogP contribution in [0.4, 0.5) is 5.69 Å². The lowest BCUT2D eigenvalue weighted by atomic mass is 10.1. The van der Waals surface area contributed by atoms with Gasteiger partial charge in [0.2, 0.25) is 5.96 Å². The first-order valence-electron chi connectivity index (χ1n) is 6.17. The van der Waals surface area contributed by atoms with E-state index in [2.05, 4.69) is 41.7 Å². The second kappa shape index (κ2) is 7.68. The molecule has 0 unspecified atom stereocenters. The maximum atomic E-state index is 5.42. The van der Waals surface area contributed by atoms with Crippen LogP contribution >= 0.6 is 0 Å². The van der Waals surface area contributed by atoms with E-state index in [1.54, 1.807) is 0 Å². The van der Waals surface area contributed by atoms with Crippen LogP contribution in [0.25, 0.3) is 0 Å². The number of hydrogen-bond acceptors (Lipinski definition) is 2. The average molecular weight is 234 g/mol. The van der Waals surface area contributed by atoms with Gasteiger partial charge in [-0.1, -0.05) is 32.4 Å². The molecule has 4 heteroatoms. The highest BCUT2D eigenvalue weighted by molar-refractivity contribution is 5.93. The monoisotopic (exact) mass is 234 g/mol. The summed E-state index contributed by atoms with van der Waals surface area (Å²) in [5, 5.41) is 3.15. The molecule has 4 nitrogen and oxygen atoms in total. The van der Waals surface area contributed by atoms with Gasteiger partial charge >= 0.3 is 0 Å². The van der Waals surface area contributed by atoms with E-state index < -0.39 is 0 Å². The Hall–Kier alpha value is -1.55. The van der Waals surface area contributed by atoms with Crippen LogP contribution in [0.5, 0.6) is 0 Å². The smallest absolute Gasteiger partial charge is 0.210 e. The van der Waals surface area contributed by atoms with Crippen molar-refractivity contribution in [1.82, 2.24) is 5.43 Å². The van der Waals surface area contributed by atoms with E-state index in [1.165, 1.54) is 5.56 Å². The van der Waals surface area contributed by atoms with Crippen molar-refractivity contribution >= 4 is 11.6 Å². The van der Waals surface area contributed by atoms with Crippen molar-refractivity contribution in [2.24, 2.45) is 10.8 Å². The fourth-order valence-electron chi connectivity index (χ4n) is 1.43. The highest BCUT2D eigenvalue weighted by atomic mass is 15.3. The summed E-state index contributed by atoms with van der Waals surface area (Å²) >= 11 is 0. The van der Waals surface area contributed by atoms with Crippen LogP contribution in [0.2, 0.25) is 0 Å². The molecule has 94 valence electrons. The number of anilines is 1. The van der Waals surface area contributed by atoms with Crippen molar-refractivity contribution < 1.29 is 0 Å². The van der Waals surface area contributed by atoms with Gasteiger partial charge in [-0.15, -0.1) is 0 Å². The maximum absolute atomic E-state index is 5.42. The average Bonchev–Trinajstić information content (AvgIpc) is 2.38. The molecule has 1 rings (SSSR count). The van der Waals surface area contributed by atoms with Gasteiger partial charge in [-0.25, -0.2) is 5.84 Å². The summed E-state index contributed by atoms with van der Waals surface area (Å²) in [6.45, 7) is 5.07. The van der Waals surface area contributed by atoms with Gasteiger partial charge < -0.3 is 5.32 Å². The van der Waals surface area contributed by atoms with E-state index in [9.17, 15) is 0 Å². The van der Waals surface area contributed by atoms with Gasteiger partial charge in [0.25, 0.3) is 0 Å². The van der Waals surface area contributed by atoms with E-state index in [1.807, 2.05) is 12.1 Å². The number of hydrogen-bond donors (Lipinski definition) is 3. The molecule has 0 bridgehead atoms. The Morgan fingerprint density at radius 1 is 1.24 bits per heavy atom. The molecule has 0 aliphatic rings. The molecule has 0 fully saturated rings. The Balaban J connectivity index is 2.57. The molecular weight excluding hydrogens is 212 g/mol. The third-order valence-corrected chi connectivity index (χ3v) is 2.54. The van der Waals surface area contributed by atoms with Gasteiger partial charge in [0.15, 0.2) is 0 Å². The third-order valence-electron chi connectivity index (χ3n) is 2.54. The minimum atomic E-state index is 0.614. The largest absolute Gasteiger partial charge is 0.325 e. The van der Waals surface area contributed by atoms with Crippen molar-refractivity contribution in [2.45, 2.75) is 33.1 Å². The van der Waals surface area contributed by atoms with Crippen LogP contribution in [0.1, 0.15) is 32.3 Å². The van der Waals surface area contributed by atoms with E-state index in [-0.39, 0.29) is 0 Å². The first-order chi connectivity index (χ1) is 8.30.